The van der Waals surface area contributed by atoms with Crippen LogP contribution in [0.15, 0.2) is 29.8 Å². The fraction of sp³-hybridized carbons (Fsp3) is 0.625. The molecule has 1 heterocycles. The summed E-state index contributed by atoms with van der Waals surface area (Å²) in [7, 11) is 0. The molecule has 4 N–H and O–H groups in total. The molecule has 3 rings (SSSR count). The number of halogens is 2. The van der Waals surface area contributed by atoms with Gasteiger partial charge in [0.1, 0.15) is 22.5 Å². The molecule has 0 fully saturated rings. The van der Waals surface area contributed by atoms with Crippen LogP contribution in [0, 0.1) is 28.4 Å². The SMILES string of the molecule is CCCN(CCC)C(=O)C1(CCCNCc2nc(CC(C)C)ns2)CC(C)=C[C@](Cc2cc(F)cc(F)c2)(C(N)=O)[C@@H]1O. The lowest BCUT2D eigenvalue weighted by atomic mass is 9.57. The second-order valence-electron chi connectivity index (χ2n) is 12.4. The third kappa shape index (κ3) is 8.45. The molecule has 0 saturated heterocycles. The van der Waals surface area contributed by atoms with Crippen LogP contribution in [-0.4, -0.2) is 56.9 Å². The van der Waals surface area contributed by atoms with Gasteiger partial charge in [0, 0.05) is 32.1 Å². The number of nitrogens with zero attached hydrogens (tertiary/aromatic N) is 3. The third-order valence-corrected chi connectivity index (χ3v) is 8.79. The minimum Gasteiger partial charge on any atom is -0.391 e. The summed E-state index contributed by atoms with van der Waals surface area (Å²) in [4.78, 5) is 34.0. The number of allylic oxidation sites excluding steroid dienone is 1. The summed E-state index contributed by atoms with van der Waals surface area (Å²) >= 11 is 1.37. The van der Waals surface area contributed by atoms with Crippen LogP contribution in [0.5, 0.6) is 0 Å². The molecule has 1 aliphatic rings. The van der Waals surface area contributed by atoms with Gasteiger partial charge < -0.3 is 21.1 Å². The van der Waals surface area contributed by atoms with Gasteiger partial charge in [-0.3, -0.25) is 9.59 Å². The number of carbonyl (C=O) groups excluding carboxylic acids is 2. The van der Waals surface area contributed by atoms with Gasteiger partial charge in [-0.2, -0.15) is 4.37 Å². The zero-order chi connectivity index (χ0) is 31.8. The smallest absolute Gasteiger partial charge is 0.231 e. The Labute approximate surface area is 258 Å². The molecule has 0 radical (unpaired) electrons. The van der Waals surface area contributed by atoms with Gasteiger partial charge in [0.05, 0.1) is 16.9 Å². The van der Waals surface area contributed by atoms with Crippen LogP contribution in [0.2, 0.25) is 0 Å². The van der Waals surface area contributed by atoms with Gasteiger partial charge in [0.25, 0.3) is 0 Å². The summed E-state index contributed by atoms with van der Waals surface area (Å²) in [5.74, 6) is -1.35. The number of nitrogens with one attached hydrogen (secondary N) is 1. The number of aliphatic hydroxyl groups is 1. The molecule has 8 nitrogen and oxygen atoms in total. The van der Waals surface area contributed by atoms with E-state index < -0.39 is 34.5 Å². The molecule has 43 heavy (non-hydrogen) atoms. The van der Waals surface area contributed by atoms with Crippen LogP contribution in [0.4, 0.5) is 8.78 Å². The van der Waals surface area contributed by atoms with E-state index in [4.69, 9.17) is 5.73 Å². The highest BCUT2D eigenvalue weighted by molar-refractivity contribution is 7.05. The fourth-order valence-corrected chi connectivity index (χ4v) is 7.02. The molecule has 1 aromatic carbocycles. The number of rotatable bonds is 16. The first kappa shape index (κ1) is 34.7. The highest BCUT2D eigenvalue weighted by Crippen LogP contribution is 2.51. The molecule has 238 valence electrons. The van der Waals surface area contributed by atoms with E-state index in [-0.39, 0.29) is 30.7 Å². The van der Waals surface area contributed by atoms with Crippen molar-refractivity contribution in [2.45, 2.75) is 92.2 Å². The van der Waals surface area contributed by atoms with E-state index in [9.17, 15) is 23.5 Å². The van der Waals surface area contributed by atoms with Crippen LogP contribution < -0.4 is 11.1 Å². The van der Waals surface area contributed by atoms with E-state index in [2.05, 4.69) is 28.5 Å². The number of benzene rings is 1. The predicted octanol–water partition coefficient (Wildman–Crippen LogP) is 4.94. The van der Waals surface area contributed by atoms with E-state index >= 15 is 0 Å². The van der Waals surface area contributed by atoms with E-state index in [0.717, 1.165) is 53.9 Å². The molecule has 0 spiro atoms. The van der Waals surface area contributed by atoms with E-state index in [0.29, 0.717) is 38.5 Å². The minimum absolute atomic E-state index is 0.178. The lowest BCUT2D eigenvalue weighted by Crippen LogP contribution is -2.62. The number of nitrogens with two attached hydrogens (primary N) is 1. The predicted molar refractivity (Wildman–Crippen MR) is 165 cm³/mol. The molecule has 0 bridgehead atoms. The van der Waals surface area contributed by atoms with Crippen molar-refractivity contribution in [3.05, 3.63) is 57.9 Å². The maximum Gasteiger partial charge on any atom is 0.231 e. The molecule has 2 amide bonds. The maximum absolute atomic E-state index is 14.4. The largest absolute Gasteiger partial charge is 0.391 e. The molecule has 11 heteroatoms. The number of hydrogen-bond acceptors (Lipinski definition) is 7. The standard InChI is InChI=1S/C32H47F2N5O3S/c1-6-11-39(12-7-2)30(42)31(9-8-10-36-20-27-37-26(38-43-27)13-21(3)4)17-22(5)18-32(28(31)40,29(35)41)19-23-14-24(33)16-25(34)15-23/h14-16,18,21,28,36,40H,6-13,17,19-20H2,1-5H3,(H2,35,41)/t28-,31?,32-/m1/s1. The molecule has 1 aromatic heterocycles. The number of aliphatic hydroxyl groups excluding tert-OH is 1. The molecule has 0 saturated carbocycles. The van der Waals surface area contributed by atoms with Crippen molar-refractivity contribution in [1.82, 2.24) is 19.6 Å². The first-order valence-electron chi connectivity index (χ1n) is 15.3. The van der Waals surface area contributed by atoms with Crippen molar-refractivity contribution < 1.29 is 23.5 Å². The van der Waals surface area contributed by atoms with Crippen molar-refractivity contribution in [3.63, 3.8) is 0 Å². The zero-order valence-corrected chi connectivity index (χ0v) is 26.9. The van der Waals surface area contributed by atoms with Gasteiger partial charge >= 0.3 is 0 Å². The Hall–Kier alpha value is -2.76. The van der Waals surface area contributed by atoms with Crippen molar-refractivity contribution in [2.75, 3.05) is 19.6 Å². The average molecular weight is 620 g/mol. The van der Waals surface area contributed by atoms with Crippen molar-refractivity contribution in [1.29, 1.82) is 0 Å². The Morgan fingerprint density at radius 2 is 1.84 bits per heavy atom. The maximum atomic E-state index is 14.4. The Kier molecular flexibility index (Phi) is 12.4. The van der Waals surface area contributed by atoms with Crippen LogP contribution >= 0.6 is 11.5 Å². The normalized spacial score (nSPS) is 22.1. The summed E-state index contributed by atoms with van der Waals surface area (Å²) in [5, 5.41) is 16.4. The Morgan fingerprint density at radius 1 is 1.19 bits per heavy atom. The summed E-state index contributed by atoms with van der Waals surface area (Å²) in [5.41, 5.74) is 3.81. The van der Waals surface area contributed by atoms with Gasteiger partial charge in [-0.25, -0.2) is 13.8 Å². The summed E-state index contributed by atoms with van der Waals surface area (Å²) in [6.45, 7) is 12.1. The summed E-state index contributed by atoms with van der Waals surface area (Å²) < 4.78 is 32.7. The molecule has 2 aromatic rings. The number of carbonyl (C=O) groups is 2. The number of hydrogen-bond donors (Lipinski definition) is 3. The number of aromatic nitrogens is 2. The Morgan fingerprint density at radius 3 is 2.42 bits per heavy atom. The van der Waals surface area contributed by atoms with Crippen LogP contribution in [-0.2, 0) is 29.0 Å². The van der Waals surface area contributed by atoms with Crippen LogP contribution in [0.1, 0.15) is 83.1 Å². The van der Waals surface area contributed by atoms with Crippen LogP contribution in [0.25, 0.3) is 0 Å². The lowest BCUT2D eigenvalue weighted by Gasteiger charge is -2.50. The number of primary amides is 1. The van der Waals surface area contributed by atoms with Gasteiger partial charge in [-0.05, 0) is 87.1 Å². The van der Waals surface area contributed by atoms with Gasteiger partial charge in [0.15, 0.2) is 0 Å². The monoisotopic (exact) mass is 619 g/mol. The van der Waals surface area contributed by atoms with Crippen molar-refractivity contribution in [2.24, 2.45) is 22.5 Å². The third-order valence-electron chi connectivity index (χ3n) is 8.04. The molecule has 1 aliphatic carbocycles. The van der Waals surface area contributed by atoms with Gasteiger partial charge in [-0.1, -0.05) is 39.3 Å². The Balaban J connectivity index is 1.92. The Bertz CT molecular complexity index is 1260. The highest BCUT2D eigenvalue weighted by atomic mass is 32.1. The molecular weight excluding hydrogens is 572 g/mol. The lowest BCUT2D eigenvalue weighted by molar-refractivity contribution is -0.162. The second kappa shape index (κ2) is 15.3. The second-order valence-corrected chi connectivity index (χ2v) is 13.2. The topological polar surface area (TPSA) is 121 Å². The van der Waals surface area contributed by atoms with Crippen molar-refractivity contribution >= 4 is 23.3 Å². The van der Waals surface area contributed by atoms with Gasteiger partial charge in [-0.15, -0.1) is 0 Å². The summed E-state index contributed by atoms with van der Waals surface area (Å²) in [6, 6.07) is 3.01. The van der Waals surface area contributed by atoms with E-state index in [1.165, 1.54) is 11.5 Å². The van der Waals surface area contributed by atoms with E-state index in [1.807, 2.05) is 20.8 Å². The summed E-state index contributed by atoms with van der Waals surface area (Å²) in [6.07, 6.45) is 3.22. The molecule has 1 unspecified atom stereocenters. The molecular formula is C32H47F2N5O3S. The molecule has 3 atom stereocenters. The average Bonchev–Trinajstić information content (AvgIpc) is 3.36. The quantitative estimate of drug-likeness (QED) is 0.181. The molecule has 0 aliphatic heterocycles. The van der Waals surface area contributed by atoms with Crippen LogP contribution in [0.3, 0.4) is 0 Å². The fourth-order valence-electron chi connectivity index (χ4n) is 6.38. The van der Waals surface area contributed by atoms with Gasteiger partial charge in [0.2, 0.25) is 11.8 Å². The van der Waals surface area contributed by atoms with E-state index in [1.54, 1.807) is 11.0 Å². The minimum atomic E-state index is -1.73. The first-order chi connectivity index (χ1) is 20.4. The zero-order valence-electron chi connectivity index (χ0n) is 26.1. The number of amides is 2. The first-order valence-corrected chi connectivity index (χ1v) is 16.1. The van der Waals surface area contributed by atoms with Crippen molar-refractivity contribution in [3.8, 4) is 0 Å². The highest BCUT2D eigenvalue weighted by Gasteiger charge is 2.59.